The van der Waals surface area contributed by atoms with Crippen LogP contribution in [0.3, 0.4) is 0 Å². The predicted octanol–water partition coefficient (Wildman–Crippen LogP) is 3.07. The Balaban J connectivity index is 1.35. The third-order valence-corrected chi connectivity index (χ3v) is 8.71. The van der Waals surface area contributed by atoms with Crippen LogP contribution < -0.4 is 10.2 Å². The number of morpholine rings is 1. The van der Waals surface area contributed by atoms with Gasteiger partial charge in [0, 0.05) is 43.0 Å². The SMILES string of the molecule is O=C(/C=C/c1ccn(S(=O)(=O)c2ccc(-c3ccc(OCCCN4CCOCC4)cc3)s2)c1)NO. The number of nitrogens with one attached hydrogen (secondary N) is 1. The third kappa shape index (κ3) is 6.59. The summed E-state index contributed by atoms with van der Waals surface area (Å²) in [4.78, 5) is 14.3. The van der Waals surface area contributed by atoms with Crippen LogP contribution in [0.2, 0.25) is 0 Å². The molecule has 0 spiro atoms. The Morgan fingerprint density at radius 1 is 1.14 bits per heavy atom. The van der Waals surface area contributed by atoms with Gasteiger partial charge in [0.25, 0.3) is 15.9 Å². The Morgan fingerprint density at radius 3 is 2.66 bits per heavy atom. The number of nitrogens with zero attached hydrogens (tertiary/aromatic N) is 2. The van der Waals surface area contributed by atoms with Crippen molar-refractivity contribution >= 4 is 33.3 Å². The fourth-order valence-electron chi connectivity index (χ4n) is 3.59. The summed E-state index contributed by atoms with van der Waals surface area (Å²) in [6, 6.07) is 12.6. The smallest absolute Gasteiger partial charge is 0.277 e. The zero-order chi connectivity index (χ0) is 24.7. The molecule has 2 N–H and O–H groups in total. The molecule has 4 rings (SSSR count). The van der Waals surface area contributed by atoms with E-state index < -0.39 is 15.9 Å². The van der Waals surface area contributed by atoms with Gasteiger partial charge in [-0.05, 0) is 66.1 Å². The van der Waals surface area contributed by atoms with Crippen molar-refractivity contribution in [3.05, 3.63) is 66.5 Å². The van der Waals surface area contributed by atoms with E-state index in [1.807, 2.05) is 24.3 Å². The summed E-state index contributed by atoms with van der Waals surface area (Å²) in [6.07, 6.45) is 6.27. The van der Waals surface area contributed by atoms with Gasteiger partial charge in [0.1, 0.15) is 9.96 Å². The minimum absolute atomic E-state index is 0.204. The maximum atomic E-state index is 13.0. The van der Waals surface area contributed by atoms with Crippen molar-refractivity contribution in [1.82, 2.24) is 14.4 Å². The lowest BCUT2D eigenvalue weighted by Crippen LogP contribution is -2.37. The molecule has 1 aromatic carbocycles. The average molecular weight is 518 g/mol. The van der Waals surface area contributed by atoms with Crippen molar-refractivity contribution in [2.24, 2.45) is 0 Å². The highest BCUT2D eigenvalue weighted by atomic mass is 32.2. The van der Waals surface area contributed by atoms with E-state index in [0.717, 1.165) is 65.5 Å². The van der Waals surface area contributed by atoms with Crippen molar-refractivity contribution in [2.75, 3.05) is 39.5 Å². The number of hydroxylamine groups is 1. The van der Waals surface area contributed by atoms with Crippen molar-refractivity contribution in [3.63, 3.8) is 0 Å². The molecule has 0 atom stereocenters. The lowest BCUT2D eigenvalue weighted by molar-refractivity contribution is -0.124. The van der Waals surface area contributed by atoms with Gasteiger partial charge in [-0.2, -0.15) is 8.42 Å². The average Bonchev–Trinajstić information content (AvgIpc) is 3.57. The monoisotopic (exact) mass is 517 g/mol. The summed E-state index contributed by atoms with van der Waals surface area (Å²) in [6.45, 7) is 5.16. The molecule has 1 saturated heterocycles. The van der Waals surface area contributed by atoms with E-state index in [1.165, 1.54) is 35.3 Å². The molecule has 35 heavy (non-hydrogen) atoms. The molecular weight excluding hydrogens is 490 g/mol. The van der Waals surface area contributed by atoms with Crippen LogP contribution in [0, 0.1) is 0 Å². The highest BCUT2D eigenvalue weighted by Crippen LogP contribution is 2.33. The van der Waals surface area contributed by atoms with Gasteiger partial charge in [0.2, 0.25) is 0 Å². The normalized spacial score (nSPS) is 14.9. The minimum atomic E-state index is -3.77. The number of benzene rings is 1. The first-order chi connectivity index (χ1) is 17.0. The number of thiophene rings is 1. The van der Waals surface area contributed by atoms with Crippen molar-refractivity contribution in [3.8, 4) is 16.2 Å². The second kappa shape index (κ2) is 11.6. The molecule has 2 aromatic heterocycles. The number of ether oxygens (including phenoxy) is 2. The summed E-state index contributed by atoms with van der Waals surface area (Å²) in [5, 5.41) is 8.54. The molecule has 1 amide bonds. The Kier molecular flexibility index (Phi) is 8.37. The van der Waals surface area contributed by atoms with E-state index in [9.17, 15) is 13.2 Å². The van der Waals surface area contributed by atoms with Crippen LogP contribution >= 0.6 is 11.3 Å². The van der Waals surface area contributed by atoms with E-state index in [0.29, 0.717) is 12.2 Å². The molecule has 3 aromatic rings. The summed E-state index contributed by atoms with van der Waals surface area (Å²) in [5.74, 6) is 0.0795. The first-order valence-electron chi connectivity index (χ1n) is 11.1. The van der Waals surface area contributed by atoms with Crippen LogP contribution in [0.25, 0.3) is 16.5 Å². The Labute approximate surface area is 208 Å². The van der Waals surface area contributed by atoms with Gasteiger partial charge >= 0.3 is 0 Å². The molecular formula is C24H27N3O6S2. The number of hydrogen-bond acceptors (Lipinski definition) is 8. The second-order valence-electron chi connectivity index (χ2n) is 7.89. The van der Waals surface area contributed by atoms with Crippen LogP contribution in [0.15, 0.2) is 65.1 Å². The van der Waals surface area contributed by atoms with Crippen LogP contribution in [-0.4, -0.2) is 67.9 Å². The van der Waals surface area contributed by atoms with Crippen LogP contribution in [0.4, 0.5) is 0 Å². The second-order valence-corrected chi connectivity index (χ2v) is 11.0. The highest BCUT2D eigenvalue weighted by Gasteiger charge is 2.19. The lowest BCUT2D eigenvalue weighted by atomic mass is 10.2. The summed E-state index contributed by atoms with van der Waals surface area (Å²) >= 11 is 1.18. The maximum absolute atomic E-state index is 13.0. The zero-order valence-corrected chi connectivity index (χ0v) is 20.6. The Morgan fingerprint density at radius 2 is 1.91 bits per heavy atom. The largest absolute Gasteiger partial charge is 0.494 e. The standard InChI is InChI=1S/C24H27N3O6S2/c28-23(25-29)8-2-19-10-12-27(18-19)35(30,31)24-9-7-22(34-24)20-3-5-21(6-4-20)33-15-1-11-26-13-16-32-17-14-26/h2-10,12,18,29H,1,11,13-17H2,(H,25,28)/b8-2+. The van der Waals surface area contributed by atoms with E-state index in [1.54, 1.807) is 18.2 Å². The van der Waals surface area contributed by atoms with Gasteiger partial charge in [-0.1, -0.05) is 0 Å². The molecule has 9 nitrogen and oxygen atoms in total. The molecule has 186 valence electrons. The van der Waals surface area contributed by atoms with Crippen LogP contribution in [-0.2, 0) is 19.6 Å². The Hall–Kier alpha value is -2.96. The fraction of sp³-hybridized carbons (Fsp3) is 0.292. The van der Waals surface area contributed by atoms with Gasteiger partial charge in [-0.3, -0.25) is 14.9 Å². The number of carbonyl (C=O) groups is 1. The molecule has 0 unspecified atom stereocenters. The molecule has 0 radical (unpaired) electrons. The van der Waals surface area contributed by atoms with Crippen LogP contribution in [0.5, 0.6) is 5.75 Å². The van der Waals surface area contributed by atoms with E-state index >= 15 is 0 Å². The van der Waals surface area contributed by atoms with Gasteiger partial charge in [-0.15, -0.1) is 11.3 Å². The minimum Gasteiger partial charge on any atom is -0.494 e. The molecule has 3 heterocycles. The topological polar surface area (TPSA) is 110 Å². The number of hydrogen-bond donors (Lipinski definition) is 2. The number of carbonyl (C=O) groups excluding carboxylic acids is 1. The quantitative estimate of drug-likeness (QED) is 0.184. The maximum Gasteiger partial charge on any atom is 0.277 e. The molecule has 0 aliphatic carbocycles. The van der Waals surface area contributed by atoms with Crippen molar-refractivity contribution in [1.29, 1.82) is 0 Å². The van der Waals surface area contributed by atoms with Gasteiger partial charge < -0.3 is 9.47 Å². The van der Waals surface area contributed by atoms with Gasteiger partial charge in [-0.25, -0.2) is 9.45 Å². The predicted molar refractivity (Wildman–Crippen MR) is 133 cm³/mol. The fourth-order valence-corrected chi connectivity index (χ4v) is 6.21. The van der Waals surface area contributed by atoms with Crippen molar-refractivity contribution in [2.45, 2.75) is 10.6 Å². The number of aromatic nitrogens is 1. The number of rotatable bonds is 10. The molecule has 1 aliphatic heterocycles. The summed E-state index contributed by atoms with van der Waals surface area (Å²) in [7, 11) is -3.77. The molecule has 0 saturated carbocycles. The molecule has 11 heteroatoms. The molecule has 1 aliphatic rings. The number of amides is 1. The Bertz CT molecular complexity index is 1260. The first kappa shape index (κ1) is 25.1. The first-order valence-corrected chi connectivity index (χ1v) is 13.4. The van der Waals surface area contributed by atoms with Gasteiger partial charge in [0.15, 0.2) is 0 Å². The summed E-state index contributed by atoms with van der Waals surface area (Å²) < 4.78 is 38.5. The van der Waals surface area contributed by atoms with Crippen molar-refractivity contribution < 1.29 is 27.9 Å². The van der Waals surface area contributed by atoms with Crippen LogP contribution in [0.1, 0.15) is 12.0 Å². The molecule has 1 fully saturated rings. The third-order valence-electron chi connectivity index (χ3n) is 5.47. The van der Waals surface area contributed by atoms with E-state index in [-0.39, 0.29) is 4.21 Å². The van der Waals surface area contributed by atoms with E-state index in [2.05, 4.69) is 4.90 Å². The zero-order valence-electron chi connectivity index (χ0n) is 19.0. The van der Waals surface area contributed by atoms with Gasteiger partial charge in [0.05, 0.1) is 19.8 Å². The summed E-state index contributed by atoms with van der Waals surface area (Å²) in [5.41, 5.74) is 2.90. The highest BCUT2D eigenvalue weighted by molar-refractivity contribution is 7.92. The molecule has 0 bridgehead atoms. The van der Waals surface area contributed by atoms with E-state index in [4.69, 9.17) is 14.7 Å². The lowest BCUT2D eigenvalue weighted by Gasteiger charge is -2.26.